The maximum Gasteiger partial charge on any atom is 0.0521 e. The third-order valence-corrected chi connectivity index (χ3v) is 5.17. The zero-order valence-corrected chi connectivity index (χ0v) is 12.7. The molecule has 2 nitrogen and oxygen atoms in total. The van der Waals surface area contributed by atoms with Crippen LogP contribution < -0.4 is 5.32 Å². The van der Waals surface area contributed by atoms with E-state index in [1.54, 1.807) is 0 Å². The Morgan fingerprint density at radius 2 is 2.05 bits per heavy atom. The molecule has 3 unspecified atom stereocenters. The van der Waals surface area contributed by atoms with Crippen LogP contribution in [-0.2, 0) is 0 Å². The zero-order valence-electron chi connectivity index (χ0n) is 11.9. The molecular formula is C16H25NOS. The van der Waals surface area contributed by atoms with Gasteiger partial charge in [0.1, 0.15) is 0 Å². The molecule has 1 aliphatic carbocycles. The minimum Gasteiger partial charge on any atom is -0.396 e. The molecule has 106 valence electrons. The van der Waals surface area contributed by atoms with Crippen LogP contribution >= 0.6 is 11.8 Å². The second kappa shape index (κ2) is 7.32. The number of hydrogen-bond acceptors (Lipinski definition) is 3. The van der Waals surface area contributed by atoms with Gasteiger partial charge in [0, 0.05) is 17.0 Å². The van der Waals surface area contributed by atoms with Gasteiger partial charge in [-0.3, -0.25) is 0 Å². The van der Waals surface area contributed by atoms with Crippen molar-refractivity contribution in [2.75, 3.05) is 18.9 Å². The van der Waals surface area contributed by atoms with Gasteiger partial charge in [0.25, 0.3) is 0 Å². The number of benzene rings is 1. The predicted molar refractivity (Wildman–Crippen MR) is 83.8 cm³/mol. The van der Waals surface area contributed by atoms with Crippen LogP contribution in [0.5, 0.6) is 0 Å². The Hall–Kier alpha value is -0.510. The zero-order chi connectivity index (χ0) is 13.7. The molecule has 2 N–H and O–H groups in total. The van der Waals surface area contributed by atoms with E-state index in [4.69, 9.17) is 5.11 Å². The number of rotatable bonds is 6. The summed E-state index contributed by atoms with van der Waals surface area (Å²) in [5.41, 5.74) is 2.96. The summed E-state index contributed by atoms with van der Waals surface area (Å²) in [6.07, 6.45) is 2.36. The molecule has 0 radical (unpaired) electrons. The largest absolute Gasteiger partial charge is 0.396 e. The summed E-state index contributed by atoms with van der Waals surface area (Å²) in [5.74, 6) is 1.45. The van der Waals surface area contributed by atoms with Gasteiger partial charge in [0.05, 0.1) is 6.61 Å². The summed E-state index contributed by atoms with van der Waals surface area (Å²) >= 11 is 1.91. The molecule has 1 aliphatic rings. The summed E-state index contributed by atoms with van der Waals surface area (Å²) in [6, 6.07) is 9.26. The Morgan fingerprint density at radius 1 is 1.32 bits per heavy atom. The fraction of sp³-hybridized carbons (Fsp3) is 0.625. The lowest BCUT2D eigenvalue weighted by atomic mass is 9.80. The van der Waals surface area contributed by atoms with Crippen molar-refractivity contribution in [3.05, 3.63) is 35.4 Å². The van der Waals surface area contributed by atoms with Crippen LogP contribution in [0.3, 0.4) is 0 Å². The number of aliphatic hydroxyl groups is 1. The molecule has 19 heavy (non-hydrogen) atoms. The first-order valence-corrected chi connectivity index (χ1v) is 8.37. The molecule has 0 amide bonds. The molecule has 1 aromatic rings. The summed E-state index contributed by atoms with van der Waals surface area (Å²) in [7, 11) is 0. The quantitative estimate of drug-likeness (QED) is 0.838. The third-order valence-electron chi connectivity index (χ3n) is 3.86. The molecule has 0 aromatic heterocycles. The van der Waals surface area contributed by atoms with Crippen molar-refractivity contribution in [2.24, 2.45) is 0 Å². The lowest BCUT2D eigenvalue weighted by molar-refractivity contribution is 0.322. The fourth-order valence-corrected chi connectivity index (χ4v) is 4.23. The highest BCUT2D eigenvalue weighted by molar-refractivity contribution is 7.99. The number of thioether (sulfide) groups is 1. The number of nitrogens with one attached hydrogen (secondary N) is 1. The van der Waals surface area contributed by atoms with E-state index in [1.165, 1.54) is 17.5 Å². The maximum atomic E-state index is 9.08. The molecule has 0 saturated carbocycles. The van der Waals surface area contributed by atoms with E-state index in [0.29, 0.717) is 17.2 Å². The van der Waals surface area contributed by atoms with Gasteiger partial charge in [-0.15, -0.1) is 0 Å². The van der Waals surface area contributed by atoms with Crippen LogP contribution in [0, 0.1) is 0 Å². The van der Waals surface area contributed by atoms with E-state index in [1.807, 2.05) is 11.8 Å². The monoisotopic (exact) mass is 279 g/mol. The number of aliphatic hydroxyl groups excluding tert-OH is 1. The average molecular weight is 279 g/mol. The Labute approximate surface area is 121 Å². The minimum absolute atomic E-state index is 0.275. The molecule has 3 heteroatoms. The topological polar surface area (TPSA) is 32.3 Å². The lowest BCUT2D eigenvalue weighted by Gasteiger charge is -2.37. The van der Waals surface area contributed by atoms with Gasteiger partial charge in [-0.2, -0.15) is 11.8 Å². The van der Waals surface area contributed by atoms with E-state index >= 15 is 0 Å². The highest BCUT2D eigenvalue weighted by atomic mass is 32.2. The average Bonchev–Trinajstić information content (AvgIpc) is 2.44. The van der Waals surface area contributed by atoms with Crippen LogP contribution in [0.1, 0.15) is 49.8 Å². The van der Waals surface area contributed by atoms with Gasteiger partial charge in [-0.25, -0.2) is 0 Å². The number of hydrogen-bond donors (Lipinski definition) is 2. The standard InChI is InChI=1S/C16H25NOS/c1-3-8-17-16-14-7-5-4-6-13(14)12(2)11-15(16)19-10-9-18/h4-7,12,15-18H,3,8-11H2,1-2H3. The van der Waals surface area contributed by atoms with Crippen molar-refractivity contribution < 1.29 is 5.11 Å². The van der Waals surface area contributed by atoms with Crippen molar-refractivity contribution in [3.63, 3.8) is 0 Å². The van der Waals surface area contributed by atoms with E-state index in [-0.39, 0.29) is 6.61 Å². The fourth-order valence-electron chi connectivity index (χ4n) is 2.96. The van der Waals surface area contributed by atoms with E-state index in [9.17, 15) is 0 Å². The second-order valence-corrected chi connectivity index (χ2v) is 6.68. The summed E-state index contributed by atoms with van der Waals surface area (Å²) < 4.78 is 0. The predicted octanol–water partition coefficient (Wildman–Crippen LogP) is 3.33. The molecule has 0 saturated heterocycles. The van der Waals surface area contributed by atoms with Gasteiger partial charge in [-0.05, 0) is 36.4 Å². The van der Waals surface area contributed by atoms with E-state index in [0.717, 1.165) is 18.7 Å². The van der Waals surface area contributed by atoms with Crippen LogP contribution in [-0.4, -0.2) is 29.3 Å². The first kappa shape index (κ1) is 14.9. The van der Waals surface area contributed by atoms with E-state index < -0.39 is 0 Å². The Balaban J connectivity index is 2.21. The highest BCUT2D eigenvalue weighted by Crippen LogP contribution is 2.42. The summed E-state index contributed by atoms with van der Waals surface area (Å²) in [5, 5.41) is 13.4. The smallest absolute Gasteiger partial charge is 0.0521 e. The van der Waals surface area contributed by atoms with Crippen LogP contribution in [0.2, 0.25) is 0 Å². The molecule has 0 bridgehead atoms. The summed E-state index contributed by atoms with van der Waals surface area (Å²) in [6.45, 7) is 5.86. The van der Waals surface area contributed by atoms with Gasteiger partial charge in [0.15, 0.2) is 0 Å². The molecule has 3 atom stereocenters. The Kier molecular flexibility index (Phi) is 5.74. The van der Waals surface area contributed by atoms with Crippen LogP contribution in [0.25, 0.3) is 0 Å². The second-order valence-electron chi connectivity index (χ2n) is 5.33. The molecule has 2 rings (SSSR count). The summed E-state index contributed by atoms with van der Waals surface area (Å²) in [4.78, 5) is 0. The molecular weight excluding hydrogens is 254 g/mol. The van der Waals surface area contributed by atoms with Crippen LogP contribution in [0.15, 0.2) is 24.3 Å². The normalized spacial score (nSPS) is 26.2. The van der Waals surface area contributed by atoms with Gasteiger partial charge >= 0.3 is 0 Å². The van der Waals surface area contributed by atoms with Gasteiger partial charge in [-0.1, -0.05) is 38.1 Å². The molecule has 0 aliphatic heterocycles. The Bertz CT molecular complexity index is 396. The molecule has 0 spiro atoms. The highest BCUT2D eigenvalue weighted by Gasteiger charge is 2.32. The van der Waals surface area contributed by atoms with Crippen molar-refractivity contribution >= 4 is 11.8 Å². The molecule has 0 fully saturated rings. The van der Waals surface area contributed by atoms with Crippen molar-refractivity contribution in [1.82, 2.24) is 5.32 Å². The third kappa shape index (κ3) is 3.53. The lowest BCUT2D eigenvalue weighted by Crippen LogP contribution is -2.36. The van der Waals surface area contributed by atoms with Crippen molar-refractivity contribution in [3.8, 4) is 0 Å². The number of fused-ring (bicyclic) bond motifs is 1. The van der Waals surface area contributed by atoms with Gasteiger partial charge < -0.3 is 10.4 Å². The van der Waals surface area contributed by atoms with Crippen LogP contribution in [0.4, 0.5) is 0 Å². The minimum atomic E-state index is 0.275. The van der Waals surface area contributed by atoms with E-state index in [2.05, 4.69) is 43.4 Å². The maximum absolute atomic E-state index is 9.08. The molecule has 1 aromatic carbocycles. The Morgan fingerprint density at radius 3 is 2.74 bits per heavy atom. The molecule has 0 heterocycles. The van der Waals surface area contributed by atoms with Crippen molar-refractivity contribution in [2.45, 2.75) is 43.9 Å². The van der Waals surface area contributed by atoms with Crippen molar-refractivity contribution in [1.29, 1.82) is 0 Å². The van der Waals surface area contributed by atoms with Gasteiger partial charge in [0.2, 0.25) is 0 Å². The first-order valence-electron chi connectivity index (χ1n) is 7.32. The SMILES string of the molecule is CCCNC1c2ccccc2C(C)CC1SCCO. The first-order chi connectivity index (χ1) is 9.27.